The molecule has 18 heteroatoms. The molecule has 0 saturated carbocycles. The van der Waals surface area contributed by atoms with Gasteiger partial charge >= 0.3 is 12.3 Å². The third-order valence-electron chi connectivity index (χ3n) is 11.8. The smallest absolute Gasteiger partial charge is 0.430 e. The van der Waals surface area contributed by atoms with Gasteiger partial charge in [-0.15, -0.1) is 0 Å². The first-order chi connectivity index (χ1) is 29.9. The number of aromatic hydroxyl groups is 1. The summed E-state index contributed by atoms with van der Waals surface area (Å²) < 4.78 is 44.3. The third-order valence-corrected chi connectivity index (χ3v) is 12.1. The Morgan fingerprint density at radius 1 is 0.937 bits per heavy atom. The number of rotatable bonds is 12. The zero-order valence-electron chi connectivity index (χ0n) is 34.1. The zero-order chi connectivity index (χ0) is 45.2. The summed E-state index contributed by atoms with van der Waals surface area (Å²) in [7, 11) is 4.49. The number of likely N-dealkylation sites (N-methyl/N-ethyl adjacent to an activating group) is 1. The maximum atomic E-state index is 13.3. The van der Waals surface area contributed by atoms with E-state index >= 15 is 0 Å². The SMILES string of the molecule is C[N+]1(C)[C@@H]2C[C@@H](OC(=O)Nc3cc(CCC(=O)Nc4ccc(CNC[C@H](O)c5ccc(O)c6[nH]c(=O)ccc56)cc4Cl)ccc3-c3ccccc3)C[C@H]1[C@@H]1O[C@@H]12.O=C([O-])C(F)(F)F. The Bertz CT molecular complexity index is 2550. The molecule has 0 radical (unpaired) electrons. The van der Waals surface area contributed by atoms with Gasteiger partial charge in [-0.3, -0.25) is 14.9 Å². The number of hydrogen-bond donors (Lipinski definition) is 6. The van der Waals surface area contributed by atoms with Crippen molar-refractivity contribution in [3.05, 3.63) is 123 Å². The average Bonchev–Trinajstić information content (AvgIpc) is 4.00. The number of ether oxygens (including phenoxy) is 2. The number of carboxylic acids is 1. The summed E-state index contributed by atoms with van der Waals surface area (Å²) in [6.07, 6.45) is -4.04. The lowest BCUT2D eigenvalue weighted by molar-refractivity contribution is -0.938. The van der Waals surface area contributed by atoms with Crippen molar-refractivity contribution in [2.45, 2.75) is 74.9 Å². The molecule has 0 spiro atoms. The van der Waals surface area contributed by atoms with Gasteiger partial charge in [0.2, 0.25) is 11.5 Å². The van der Waals surface area contributed by atoms with Gasteiger partial charge in [-0.05, 0) is 59.0 Å². The predicted molar refractivity (Wildman–Crippen MR) is 226 cm³/mol. The number of halogens is 4. The van der Waals surface area contributed by atoms with E-state index in [1.807, 2.05) is 54.6 Å². The number of aryl methyl sites for hydroxylation is 1. The molecule has 4 heterocycles. The van der Waals surface area contributed by atoms with Gasteiger partial charge in [0, 0.05) is 49.4 Å². The number of benzene rings is 4. The number of anilines is 2. The third kappa shape index (κ3) is 10.5. The second kappa shape index (κ2) is 18.4. The highest BCUT2D eigenvalue weighted by Crippen LogP contribution is 2.51. The van der Waals surface area contributed by atoms with Gasteiger partial charge in [-0.1, -0.05) is 66.2 Å². The number of H-pyrrole nitrogens is 1. The van der Waals surface area contributed by atoms with Gasteiger partial charge in [0.1, 0.15) is 42.1 Å². The number of aliphatic carboxylic acids is 1. The highest BCUT2D eigenvalue weighted by atomic mass is 35.5. The molecule has 2 bridgehead atoms. The number of quaternary nitrogens is 1. The van der Waals surface area contributed by atoms with Crippen molar-refractivity contribution in [3.8, 4) is 16.9 Å². The molecule has 3 saturated heterocycles. The minimum Gasteiger partial charge on any atom is -0.542 e. The second-order valence-corrected chi connectivity index (χ2v) is 16.7. The lowest BCUT2D eigenvalue weighted by atomic mass is 9.96. The molecule has 4 aromatic carbocycles. The van der Waals surface area contributed by atoms with Crippen LogP contribution in [0.4, 0.5) is 29.3 Å². The number of aromatic nitrogens is 1. The number of phenolic OH excluding ortho intramolecular Hbond substituents is 1. The van der Waals surface area contributed by atoms with Gasteiger partial charge in [-0.25, -0.2) is 4.79 Å². The number of hydrogen-bond acceptors (Lipinski definition) is 10. The van der Waals surface area contributed by atoms with Gasteiger partial charge in [0.05, 0.1) is 42.1 Å². The molecule has 6 N–H and O–H groups in total. The van der Waals surface area contributed by atoms with Crippen LogP contribution >= 0.6 is 11.6 Å². The maximum absolute atomic E-state index is 13.3. The number of morpholine rings is 1. The molecule has 3 aliphatic rings. The molecule has 0 aliphatic carbocycles. The molecule has 3 fully saturated rings. The van der Waals surface area contributed by atoms with Crippen molar-refractivity contribution in [2.75, 3.05) is 31.3 Å². The van der Waals surface area contributed by atoms with Crippen LogP contribution < -0.4 is 26.6 Å². The van der Waals surface area contributed by atoms with E-state index in [-0.39, 0.29) is 54.0 Å². The number of carbonyl (C=O) groups excluding carboxylic acids is 3. The van der Waals surface area contributed by atoms with E-state index in [4.69, 9.17) is 31.0 Å². The molecular formula is C45H45ClF3N5O9. The lowest BCUT2D eigenvalue weighted by Gasteiger charge is -2.45. The van der Waals surface area contributed by atoms with Crippen molar-refractivity contribution in [1.29, 1.82) is 0 Å². The van der Waals surface area contributed by atoms with E-state index in [9.17, 15) is 37.8 Å². The number of aliphatic hydroxyl groups excluding tert-OH is 1. The molecule has 6 atom stereocenters. The van der Waals surface area contributed by atoms with Crippen LogP contribution in [0.15, 0.2) is 95.8 Å². The first kappa shape index (κ1) is 45.1. The maximum Gasteiger partial charge on any atom is 0.430 e. The highest BCUT2D eigenvalue weighted by Gasteiger charge is 2.70. The monoisotopic (exact) mass is 891 g/mol. The summed E-state index contributed by atoms with van der Waals surface area (Å²) in [6, 6.07) is 27.7. The summed E-state index contributed by atoms with van der Waals surface area (Å²) in [5.74, 6) is -3.29. The molecule has 5 aromatic rings. The van der Waals surface area contributed by atoms with Crippen molar-refractivity contribution >= 4 is 51.8 Å². The molecule has 63 heavy (non-hydrogen) atoms. The number of piperidine rings is 1. The Morgan fingerprint density at radius 3 is 2.29 bits per heavy atom. The number of carbonyl (C=O) groups is 3. The summed E-state index contributed by atoms with van der Waals surface area (Å²) in [5, 5.41) is 39.9. The minimum atomic E-state index is -5.19. The first-order valence-corrected chi connectivity index (χ1v) is 20.5. The van der Waals surface area contributed by atoms with Crippen molar-refractivity contribution < 1.29 is 56.8 Å². The summed E-state index contributed by atoms with van der Waals surface area (Å²) >= 11 is 6.57. The van der Waals surface area contributed by atoms with E-state index in [1.54, 1.807) is 24.3 Å². The van der Waals surface area contributed by atoms with E-state index in [2.05, 4.69) is 35.0 Å². The number of epoxide rings is 1. The van der Waals surface area contributed by atoms with Crippen LogP contribution in [-0.2, 0) is 32.0 Å². The predicted octanol–water partition coefficient (Wildman–Crippen LogP) is 5.55. The number of nitrogens with one attached hydrogen (secondary N) is 4. The Morgan fingerprint density at radius 2 is 1.62 bits per heavy atom. The van der Waals surface area contributed by atoms with Crippen LogP contribution in [0.3, 0.4) is 0 Å². The molecule has 0 unspecified atom stereocenters. The van der Waals surface area contributed by atoms with Gasteiger partial charge in [0.15, 0.2) is 0 Å². The fraction of sp³-hybridized carbons (Fsp3) is 0.333. The van der Waals surface area contributed by atoms with Crippen molar-refractivity contribution in [2.24, 2.45) is 0 Å². The van der Waals surface area contributed by atoms with Crippen LogP contribution in [0.25, 0.3) is 22.0 Å². The molecule has 8 rings (SSSR count). The number of fused-ring (bicyclic) bond motifs is 6. The van der Waals surface area contributed by atoms with Gasteiger partial charge < -0.3 is 49.7 Å². The summed E-state index contributed by atoms with van der Waals surface area (Å²) in [5.41, 5.74) is 5.13. The quantitative estimate of drug-likeness (QED) is 0.0681. The Balaban J connectivity index is 0.000000785. The number of phenols is 1. The fourth-order valence-corrected chi connectivity index (χ4v) is 8.82. The second-order valence-electron chi connectivity index (χ2n) is 16.3. The largest absolute Gasteiger partial charge is 0.542 e. The zero-order valence-corrected chi connectivity index (χ0v) is 34.8. The Hall–Kier alpha value is -5.98. The van der Waals surface area contributed by atoms with E-state index < -0.39 is 24.3 Å². The topological polar surface area (TPSA) is 205 Å². The lowest BCUT2D eigenvalue weighted by Crippen LogP contribution is -2.60. The standard InChI is InChI=1S/C43H44ClN5O7.C2HF3O2/c1-49(2)34-20-27(21-35(49)42-41(34)56-42)55-43(54)47-33-19-24(8-11-28(33)26-6-4-3-5-7-26)10-16-38(52)46-32-14-9-25(18-31(32)44)22-45-23-37(51)29-12-15-36(50)40-30(29)13-17-39(53)48-40;3-2(4,5)1(6)7/h3-9,11-15,17-19,27,34-35,37,41-42,45,51H,10,16,20-23H2,1-2H3,(H3-,46,47,48,50,52,53,54);(H,6,7)/t27-,34-,35+,37-,41-,42+;/m0./s1. The summed E-state index contributed by atoms with van der Waals surface area (Å²) in [4.78, 5) is 49.5. The van der Waals surface area contributed by atoms with Crippen LogP contribution in [0.2, 0.25) is 5.02 Å². The number of pyridine rings is 1. The van der Waals surface area contributed by atoms with Crippen LogP contribution in [0, 0.1) is 0 Å². The normalized spacial score (nSPS) is 21.0. The molecule has 14 nitrogen and oxygen atoms in total. The van der Waals surface area contributed by atoms with Crippen LogP contribution in [0.5, 0.6) is 5.75 Å². The van der Waals surface area contributed by atoms with E-state index in [1.165, 1.54) is 12.1 Å². The molecular weight excluding hydrogens is 847 g/mol. The van der Waals surface area contributed by atoms with Gasteiger partial charge in [-0.2, -0.15) is 13.2 Å². The number of carboxylic acid groups (broad SMARTS) is 1. The Labute approximate surface area is 364 Å². The average molecular weight is 892 g/mol. The number of aromatic amines is 1. The minimum absolute atomic E-state index is 0.0706. The summed E-state index contributed by atoms with van der Waals surface area (Å²) in [6.45, 7) is 0.603. The molecule has 3 aliphatic heterocycles. The Kier molecular flexibility index (Phi) is 13.2. The highest BCUT2D eigenvalue weighted by molar-refractivity contribution is 6.33. The number of alkyl halides is 3. The van der Waals surface area contributed by atoms with Crippen LogP contribution in [0.1, 0.15) is 42.1 Å². The molecule has 1 aromatic heterocycles. The molecule has 2 amide bonds. The number of aliphatic hydroxyl groups is 1. The first-order valence-electron chi connectivity index (χ1n) is 20.1. The van der Waals surface area contributed by atoms with Gasteiger partial charge in [0.25, 0.3) is 0 Å². The fourth-order valence-electron chi connectivity index (χ4n) is 8.57. The molecule has 332 valence electrons. The number of amides is 2. The van der Waals surface area contributed by atoms with E-state index in [0.717, 1.165) is 39.6 Å². The van der Waals surface area contributed by atoms with Crippen molar-refractivity contribution in [3.63, 3.8) is 0 Å². The van der Waals surface area contributed by atoms with Crippen LogP contribution in [-0.4, -0.2) is 94.9 Å². The van der Waals surface area contributed by atoms with E-state index in [0.29, 0.717) is 52.4 Å². The number of nitrogens with zero attached hydrogens (tertiary/aromatic N) is 1. The van der Waals surface area contributed by atoms with Crippen molar-refractivity contribution in [1.82, 2.24) is 10.3 Å².